The van der Waals surface area contributed by atoms with Gasteiger partial charge in [-0.15, -0.1) is 0 Å². The Labute approximate surface area is 125 Å². The number of amides is 1. The molecule has 21 heavy (non-hydrogen) atoms. The lowest BCUT2D eigenvalue weighted by Crippen LogP contribution is -2.19. The zero-order chi connectivity index (χ0) is 14.7. The highest BCUT2D eigenvalue weighted by molar-refractivity contribution is 6.04. The van der Waals surface area contributed by atoms with Crippen molar-refractivity contribution in [2.45, 2.75) is 32.2 Å². The minimum atomic E-state index is -0.303. The summed E-state index contributed by atoms with van der Waals surface area (Å²) in [6.07, 6.45) is 3.54. The van der Waals surface area contributed by atoms with E-state index in [-0.39, 0.29) is 11.9 Å². The number of para-hydroxylation sites is 1. The van der Waals surface area contributed by atoms with Gasteiger partial charge in [0.25, 0.3) is 5.91 Å². The lowest BCUT2D eigenvalue weighted by molar-refractivity contribution is -0.116. The van der Waals surface area contributed by atoms with E-state index in [4.69, 9.17) is 0 Å². The second-order valence-electron chi connectivity index (χ2n) is 5.45. The number of carbonyl (C=O) groups is 1. The van der Waals surface area contributed by atoms with Crippen molar-refractivity contribution >= 4 is 17.3 Å². The molecule has 3 rings (SSSR count). The predicted molar refractivity (Wildman–Crippen MR) is 86.5 cm³/mol. The van der Waals surface area contributed by atoms with Crippen molar-refractivity contribution in [2.75, 3.05) is 10.6 Å². The fraction of sp³-hybridized carbons (Fsp3) is 0.278. The molecule has 0 fully saturated rings. The van der Waals surface area contributed by atoms with Gasteiger partial charge in [-0.25, -0.2) is 0 Å². The summed E-state index contributed by atoms with van der Waals surface area (Å²) in [7, 11) is 0. The van der Waals surface area contributed by atoms with Crippen LogP contribution in [0.15, 0.2) is 48.5 Å². The minimum absolute atomic E-state index is 0.00580. The first-order valence-corrected chi connectivity index (χ1v) is 7.53. The molecule has 3 nitrogen and oxygen atoms in total. The maximum Gasteiger partial charge on any atom is 0.251 e. The highest BCUT2D eigenvalue weighted by atomic mass is 16.2. The zero-order valence-electron chi connectivity index (χ0n) is 12.2. The van der Waals surface area contributed by atoms with E-state index < -0.39 is 0 Å². The minimum Gasteiger partial charge on any atom is -0.370 e. The maximum absolute atomic E-state index is 12.1. The van der Waals surface area contributed by atoms with Crippen LogP contribution < -0.4 is 10.6 Å². The molecule has 0 radical (unpaired) electrons. The summed E-state index contributed by atoms with van der Waals surface area (Å²) in [5.41, 5.74) is 4.24. The Morgan fingerprint density at radius 2 is 1.86 bits per heavy atom. The molecule has 2 N–H and O–H groups in total. The fourth-order valence-corrected chi connectivity index (χ4v) is 2.67. The lowest BCUT2D eigenvalue weighted by Gasteiger charge is -2.13. The SMILES string of the molecule is CCCCc1ccc(NC2C(=O)Nc3ccccc32)cc1. The Kier molecular flexibility index (Phi) is 3.91. The molecule has 2 aromatic rings. The van der Waals surface area contributed by atoms with Gasteiger partial charge in [0.15, 0.2) is 0 Å². The van der Waals surface area contributed by atoms with Crippen molar-refractivity contribution in [2.24, 2.45) is 0 Å². The third kappa shape index (κ3) is 2.92. The quantitative estimate of drug-likeness (QED) is 0.864. The molecular formula is C18H20N2O. The molecule has 1 aliphatic heterocycles. The second kappa shape index (κ2) is 6.00. The summed E-state index contributed by atoms with van der Waals surface area (Å²) in [6.45, 7) is 2.20. The molecule has 0 spiro atoms. The number of carbonyl (C=O) groups excluding carboxylic acids is 1. The van der Waals surface area contributed by atoms with E-state index in [2.05, 4.69) is 41.8 Å². The van der Waals surface area contributed by atoms with Crippen LogP contribution in [0.3, 0.4) is 0 Å². The molecule has 0 aliphatic carbocycles. The molecule has 0 aromatic heterocycles. The van der Waals surface area contributed by atoms with E-state index >= 15 is 0 Å². The van der Waals surface area contributed by atoms with Gasteiger partial charge < -0.3 is 10.6 Å². The number of fused-ring (bicyclic) bond motifs is 1. The summed E-state index contributed by atoms with van der Waals surface area (Å²) >= 11 is 0. The number of nitrogens with one attached hydrogen (secondary N) is 2. The van der Waals surface area contributed by atoms with Gasteiger partial charge in [0.1, 0.15) is 6.04 Å². The first-order valence-electron chi connectivity index (χ1n) is 7.53. The highest BCUT2D eigenvalue weighted by Crippen LogP contribution is 2.32. The van der Waals surface area contributed by atoms with Crippen molar-refractivity contribution in [3.8, 4) is 0 Å². The summed E-state index contributed by atoms with van der Waals surface area (Å²) in [6, 6.07) is 15.9. The van der Waals surface area contributed by atoms with Crippen LogP contribution in [0.5, 0.6) is 0 Å². The Balaban J connectivity index is 1.73. The number of hydrogen-bond donors (Lipinski definition) is 2. The number of hydrogen-bond acceptors (Lipinski definition) is 2. The maximum atomic E-state index is 12.1. The molecule has 108 valence electrons. The Hall–Kier alpha value is -2.29. The average molecular weight is 280 g/mol. The van der Waals surface area contributed by atoms with Gasteiger partial charge >= 0.3 is 0 Å². The van der Waals surface area contributed by atoms with Gasteiger partial charge in [-0.2, -0.15) is 0 Å². The van der Waals surface area contributed by atoms with E-state index in [0.29, 0.717) is 0 Å². The van der Waals surface area contributed by atoms with Gasteiger partial charge in [-0.1, -0.05) is 43.7 Å². The molecule has 1 heterocycles. The fourth-order valence-electron chi connectivity index (χ4n) is 2.67. The standard InChI is InChI=1S/C18H20N2O/c1-2-3-6-13-9-11-14(12-10-13)19-17-15-7-4-5-8-16(15)20-18(17)21/h4-5,7-12,17,19H,2-3,6H2,1H3,(H,20,21). The van der Waals surface area contributed by atoms with E-state index in [0.717, 1.165) is 23.4 Å². The van der Waals surface area contributed by atoms with Gasteiger partial charge in [0.2, 0.25) is 0 Å². The molecule has 2 aromatic carbocycles. The average Bonchev–Trinajstić information content (AvgIpc) is 2.83. The molecule has 1 amide bonds. The number of benzene rings is 2. The molecular weight excluding hydrogens is 260 g/mol. The monoisotopic (exact) mass is 280 g/mol. The van der Waals surface area contributed by atoms with Crippen molar-refractivity contribution in [3.05, 3.63) is 59.7 Å². The van der Waals surface area contributed by atoms with Gasteiger partial charge in [-0.05, 0) is 36.6 Å². The van der Waals surface area contributed by atoms with E-state index in [1.807, 2.05) is 24.3 Å². The number of rotatable bonds is 5. The van der Waals surface area contributed by atoms with Gasteiger partial charge in [0.05, 0.1) is 0 Å². The largest absolute Gasteiger partial charge is 0.370 e. The van der Waals surface area contributed by atoms with E-state index in [1.165, 1.54) is 18.4 Å². The Bertz CT molecular complexity index is 634. The zero-order valence-corrected chi connectivity index (χ0v) is 12.2. The van der Waals surface area contributed by atoms with Crippen LogP contribution in [0.4, 0.5) is 11.4 Å². The van der Waals surface area contributed by atoms with Crippen molar-refractivity contribution < 1.29 is 4.79 Å². The van der Waals surface area contributed by atoms with Crippen LogP contribution in [0.1, 0.15) is 36.9 Å². The first-order chi connectivity index (χ1) is 10.3. The van der Waals surface area contributed by atoms with Gasteiger partial charge in [-0.3, -0.25) is 4.79 Å². The summed E-state index contributed by atoms with van der Waals surface area (Å²) in [5, 5.41) is 6.22. The van der Waals surface area contributed by atoms with E-state index in [1.54, 1.807) is 0 Å². The van der Waals surface area contributed by atoms with Crippen LogP contribution in [-0.2, 0) is 11.2 Å². The van der Waals surface area contributed by atoms with Gasteiger partial charge in [0, 0.05) is 16.9 Å². The Morgan fingerprint density at radius 3 is 2.62 bits per heavy atom. The van der Waals surface area contributed by atoms with Crippen molar-refractivity contribution in [3.63, 3.8) is 0 Å². The molecule has 0 saturated carbocycles. The predicted octanol–water partition coefficient (Wildman–Crippen LogP) is 4.13. The van der Waals surface area contributed by atoms with Crippen LogP contribution in [-0.4, -0.2) is 5.91 Å². The molecule has 1 aliphatic rings. The molecule has 3 heteroatoms. The van der Waals surface area contributed by atoms with Crippen molar-refractivity contribution in [1.82, 2.24) is 0 Å². The first kappa shape index (κ1) is 13.7. The number of anilines is 2. The summed E-state index contributed by atoms with van der Waals surface area (Å²) < 4.78 is 0. The normalized spacial score (nSPS) is 16.4. The van der Waals surface area contributed by atoms with Crippen LogP contribution in [0.2, 0.25) is 0 Å². The van der Waals surface area contributed by atoms with E-state index in [9.17, 15) is 4.79 Å². The smallest absolute Gasteiger partial charge is 0.251 e. The molecule has 1 unspecified atom stereocenters. The highest BCUT2D eigenvalue weighted by Gasteiger charge is 2.29. The molecule has 0 bridgehead atoms. The lowest BCUT2D eigenvalue weighted by atomic mass is 10.1. The Morgan fingerprint density at radius 1 is 1.10 bits per heavy atom. The van der Waals surface area contributed by atoms with Crippen LogP contribution in [0.25, 0.3) is 0 Å². The third-order valence-corrected chi connectivity index (χ3v) is 3.88. The third-order valence-electron chi connectivity index (χ3n) is 3.88. The summed E-state index contributed by atoms with van der Waals surface area (Å²) in [4.78, 5) is 12.1. The molecule has 1 atom stereocenters. The second-order valence-corrected chi connectivity index (χ2v) is 5.45. The summed E-state index contributed by atoms with van der Waals surface area (Å²) in [5.74, 6) is 0.00580. The molecule has 0 saturated heterocycles. The van der Waals surface area contributed by atoms with Crippen molar-refractivity contribution in [1.29, 1.82) is 0 Å². The number of aryl methyl sites for hydroxylation is 1. The topological polar surface area (TPSA) is 41.1 Å². The van der Waals surface area contributed by atoms with Crippen LogP contribution in [0, 0.1) is 0 Å². The number of unbranched alkanes of at least 4 members (excludes halogenated alkanes) is 1. The van der Waals surface area contributed by atoms with Crippen LogP contribution >= 0.6 is 0 Å².